The fourth-order valence-electron chi connectivity index (χ4n) is 3.30. The maximum atomic E-state index is 13.6. The van der Waals surface area contributed by atoms with Crippen molar-refractivity contribution in [3.8, 4) is 0 Å². The SMILES string of the molecule is CC1CCN(C(=O)c2cc(=O)[nH]c3ccc(F)cc23)C(CN)C1.Cl. The van der Waals surface area contributed by atoms with Crippen molar-refractivity contribution in [1.29, 1.82) is 0 Å². The zero-order valence-electron chi connectivity index (χ0n) is 13.4. The maximum absolute atomic E-state index is 13.6. The molecule has 2 unspecified atom stereocenters. The minimum absolute atomic E-state index is 0. The number of amides is 1. The van der Waals surface area contributed by atoms with Crippen molar-refractivity contribution >= 4 is 29.2 Å². The highest BCUT2D eigenvalue weighted by Gasteiger charge is 2.30. The van der Waals surface area contributed by atoms with Crippen LogP contribution in [0.1, 0.15) is 30.1 Å². The maximum Gasteiger partial charge on any atom is 0.255 e. The highest BCUT2D eigenvalue weighted by molar-refractivity contribution is 6.06. The van der Waals surface area contributed by atoms with Crippen molar-refractivity contribution < 1.29 is 9.18 Å². The molecule has 0 spiro atoms. The molecule has 5 nitrogen and oxygen atoms in total. The van der Waals surface area contributed by atoms with E-state index in [-0.39, 0.29) is 35.5 Å². The van der Waals surface area contributed by atoms with Crippen LogP contribution < -0.4 is 11.3 Å². The van der Waals surface area contributed by atoms with Crippen molar-refractivity contribution in [3.05, 3.63) is 46.0 Å². The molecule has 24 heavy (non-hydrogen) atoms. The number of hydrogen-bond acceptors (Lipinski definition) is 3. The molecule has 0 aliphatic carbocycles. The molecule has 2 aromatic rings. The Morgan fingerprint density at radius 2 is 2.17 bits per heavy atom. The average Bonchev–Trinajstić information content (AvgIpc) is 2.53. The number of nitrogens with zero attached hydrogens (tertiary/aromatic N) is 1. The van der Waals surface area contributed by atoms with Crippen molar-refractivity contribution in [3.63, 3.8) is 0 Å². The van der Waals surface area contributed by atoms with Crippen molar-refractivity contribution in [2.75, 3.05) is 13.1 Å². The van der Waals surface area contributed by atoms with Gasteiger partial charge >= 0.3 is 0 Å². The van der Waals surface area contributed by atoms with Gasteiger partial charge < -0.3 is 15.6 Å². The van der Waals surface area contributed by atoms with Gasteiger partial charge in [0.25, 0.3) is 5.91 Å². The summed E-state index contributed by atoms with van der Waals surface area (Å²) < 4.78 is 13.6. The van der Waals surface area contributed by atoms with Gasteiger partial charge in [0.15, 0.2) is 0 Å². The lowest BCUT2D eigenvalue weighted by Crippen LogP contribution is -2.49. The van der Waals surface area contributed by atoms with Gasteiger partial charge in [-0.3, -0.25) is 9.59 Å². The number of piperidine rings is 1. The first-order chi connectivity index (χ1) is 11.0. The lowest BCUT2D eigenvalue weighted by Gasteiger charge is -2.38. The molecule has 1 saturated heterocycles. The van der Waals surface area contributed by atoms with Crippen LogP contribution in [0.15, 0.2) is 29.1 Å². The molecule has 3 rings (SSSR count). The zero-order chi connectivity index (χ0) is 16.6. The lowest BCUT2D eigenvalue weighted by molar-refractivity contribution is 0.0575. The molecular formula is C17H21ClFN3O2. The van der Waals surface area contributed by atoms with Crippen LogP contribution in [-0.4, -0.2) is 34.9 Å². The van der Waals surface area contributed by atoms with Gasteiger partial charge in [0, 0.05) is 36.1 Å². The summed E-state index contributed by atoms with van der Waals surface area (Å²) in [6.45, 7) is 3.12. The quantitative estimate of drug-likeness (QED) is 0.869. The summed E-state index contributed by atoms with van der Waals surface area (Å²) in [7, 11) is 0. The molecule has 130 valence electrons. The largest absolute Gasteiger partial charge is 0.334 e. The van der Waals surface area contributed by atoms with Crippen LogP contribution in [0.3, 0.4) is 0 Å². The van der Waals surface area contributed by atoms with E-state index in [1.165, 1.54) is 24.3 Å². The predicted octanol–water partition coefficient (Wildman–Crippen LogP) is 2.29. The molecule has 1 fully saturated rings. The van der Waals surface area contributed by atoms with E-state index in [1.54, 1.807) is 4.90 Å². The molecule has 1 aliphatic heterocycles. The van der Waals surface area contributed by atoms with E-state index in [0.717, 1.165) is 12.8 Å². The van der Waals surface area contributed by atoms with E-state index in [4.69, 9.17) is 5.73 Å². The molecule has 1 aromatic heterocycles. The first-order valence-corrected chi connectivity index (χ1v) is 7.83. The van der Waals surface area contributed by atoms with Crippen molar-refractivity contribution in [1.82, 2.24) is 9.88 Å². The number of aromatic nitrogens is 1. The third-order valence-electron chi connectivity index (χ3n) is 4.55. The first kappa shape index (κ1) is 18.4. The van der Waals surface area contributed by atoms with E-state index in [1.807, 2.05) is 0 Å². The second-order valence-electron chi connectivity index (χ2n) is 6.25. The highest BCUT2D eigenvalue weighted by Crippen LogP contribution is 2.25. The number of nitrogens with one attached hydrogen (secondary N) is 1. The second kappa shape index (κ2) is 7.32. The lowest BCUT2D eigenvalue weighted by atomic mass is 9.91. The number of H-pyrrole nitrogens is 1. The van der Waals surface area contributed by atoms with Crippen molar-refractivity contribution in [2.45, 2.75) is 25.8 Å². The van der Waals surface area contributed by atoms with Crippen LogP contribution >= 0.6 is 12.4 Å². The Labute approximate surface area is 145 Å². The summed E-state index contributed by atoms with van der Waals surface area (Å²) in [5.41, 5.74) is 6.13. The Morgan fingerprint density at radius 3 is 2.88 bits per heavy atom. The van der Waals surface area contributed by atoms with Gasteiger partial charge in [-0.25, -0.2) is 4.39 Å². The molecule has 0 bridgehead atoms. The van der Waals surface area contributed by atoms with E-state index in [2.05, 4.69) is 11.9 Å². The number of aromatic amines is 1. The van der Waals surface area contributed by atoms with Gasteiger partial charge in [0.05, 0.1) is 5.56 Å². The molecule has 0 saturated carbocycles. The van der Waals surface area contributed by atoms with E-state index < -0.39 is 5.82 Å². The topological polar surface area (TPSA) is 79.2 Å². The van der Waals surface area contributed by atoms with Crippen molar-refractivity contribution in [2.24, 2.45) is 11.7 Å². The van der Waals surface area contributed by atoms with Crippen LogP contribution in [0.2, 0.25) is 0 Å². The van der Waals surface area contributed by atoms with Gasteiger partial charge in [0.1, 0.15) is 5.82 Å². The summed E-state index contributed by atoms with van der Waals surface area (Å²) in [5, 5.41) is 0.420. The fraction of sp³-hybridized carbons (Fsp3) is 0.412. The van der Waals surface area contributed by atoms with Crippen LogP contribution in [0.4, 0.5) is 4.39 Å². The molecular weight excluding hydrogens is 333 g/mol. The average molecular weight is 354 g/mol. The van der Waals surface area contributed by atoms with Gasteiger partial charge in [-0.1, -0.05) is 6.92 Å². The minimum atomic E-state index is -0.443. The fourth-order valence-corrected chi connectivity index (χ4v) is 3.30. The van der Waals surface area contributed by atoms with E-state index in [0.29, 0.717) is 29.9 Å². The summed E-state index contributed by atoms with van der Waals surface area (Å²) in [6.07, 6.45) is 1.75. The second-order valence-corrected chi connectivity index (χ2v) is 6.25. The number of hydrogen-bond donors (Lipinski definition) is 2. The van der Waals surface area contributed by atoms with Gasteiger partial charge in [-0.2, -0.15) is 0 Å². The van der Waals surface area contributed by atoms with Crippen LogP contribution in [-0.2, 0) is 0 Å². The van der Waals surface area contributed by atoms with Crippen LogP contribution in [0.5, 0.6) is 0 Å². The number of halogens is 2. The number of carbonyl (C=O) groups excluding carboxylic acids is 1. The standard InChI is InChI=1S/C17H20FN3O2.ClH/c1-10-4-5-21(12(6-10)9-19)17(23)14-8-16(22)20-15-3-2-11(18)7-13(14)15;/h2-3,7-8,10,12H,4-6,9,19H2,1H3,(H,20,22);1H. The summed E-state index contributed by atoms with van der Waals surface area (Å²) in [4.78, 5) is 29.1. The minimum Gasteiger partial charge on any atom is -0.334 e. The molecule has 2 atom stereocenters. The molecule has 2 heterocycles. The summed E-state index contributed by atoms with van der Waals surface area (Å²) >= 11 is 0. The normalized spacial score (nSPS) is 20.7. The summed E-state index contributed by atoms with van der Waals surface area (Å²) in [6, 6.07) is 5.21. The predicted molar refractivity (Wildman–Crippen MR) is 94.1 cm³/mol. The molecule has 1 aromatic carbocycles. The van der Waals surface area contributed by atoms with Crippen LogP contribution in [0, 0.1) is 11.7 Å². The molecule has 7 heteroatoms. The Morgan fingerprint density at radius 1 is 1.42 bits per heavy atom. The Kier molecular flexibility index (Phi) is 5.62. The number of rotatable bonds is 2. The number of carbonyl (C=O) groups is 1. The van der Waals surface area contributed by atoms with Gasteiger partial charge in [-0.05, 0) is 37.0 Å². The Balaban J connectivity index is 0.00000208. The Hall–Kier alpha value is -1.92. The third kappa shape index (κ3) is 3.44. The van der Waals surface area contributed by atoms with Gasteiger partial charge in [-0.15, -0.1) is 12.4 Å². The number of fused-ring (bicyclic) bond motifs is 1. The smallest absolute Gasteiger partial charge is 0.255 e. The molecule has 3 N–H and O–H groups in total. The number of pyridine rings is 1. The molecule has 1 amide bonds. The monoisotopic (exact) mass is 353 g/mol. The third-order valence-corrected chi connectivity index (χ3v) is 4.55. The highest BCUT2D eigenvalue weighted by atomic mass is 35.5. The Bertz CT molecular complexity index is 808. The molecule has 0 radical (unpaired) electrons. The first-order valence-electron chi connectivity index (χ1n) is 7.83. The van der Waals surface area contributed by atoms with E-state index in [9.17, 15) is 14.0 Å². The number of likely N-dealkylation sites (tertiary alicyclic amines) is 1. The zero-order valence-corrected chi connectivity index (χ0v) is 14.2. The summed E-state index contributed by atoms with van der Waals surface area (Å²) in [5.74, 6) is -0.184. The number of benzene rings is 1. The van der Waals surface area contributed by atoms with Gasteiger partial charge in [0.2, 0.25) is 5.56 Å². The van der Waals surface area contributed by atoms with Crippen LogP contribution in [0.25, 0.3) is 10.9 Å². The molecule has 1 aliphatic rings. The van der Waals surface area contributed by atoms with E-state index >= 15 is 0 Å². The number of nitrogens with two attached hydrogens (primary N) is 1.